The quantitative estimate of drug-likeness (QED) is 0.601. The van der Waals surface area contributed by atoms with Crippen LogP contribution in [0.1, 0.15) is 25.8 Å². The van der Waals surface area contributed by atoms with Crippen molar-refractivity contribution in [1.82, 2.24) is 9.80 Å². The fourth-order valence-corrected chi connectivity index (χ4v) is 2.70. The van der Waals surface area contributed by atoms with Gasteiger partial charge in [-0.1, -0.05) is 44.2 Å². The maximum atomic E-state index is 12.9. The molecule has 0 saturated heterocycles. The number of hydrogen-bond donors (Lipinski definition) is 2. The third-order valence-electron chi connectivity index (χ3n) is 4.09. The van der Waals surface area contributed by atoms with E-state index in [0.29, 0.717) is 25.4 Å². The Kier molecular flexibility index (Phi) is 14.2. The summed E-state index contributed by atoms with van der Waals surface area (Å²) in [5.74, 6) is -0.322. The lowest BCUT2D eigenvalue weighted by atomic mass is 10.0. The summed E-state index contributed by atoms with van der Waals surface area (Å²) in [6.45, 7) is 5.06. The normalized spacial score (nSPS) is 12.7. The van der Waals surface area contributed by atoms with Crippen LogP contribution in [-0.2, 0) is 16.0 Å². The summed E-state index contributed by atoms with van der Waals surface area (Å²) >= 11 is 0. The molecule has 0 radical (unpaired) electrons. The van der Waals surface area contributed by atoms with Crippen molar-refractivity contribution in [2.75, 3.05) is 27.2 Å². The van der Waals surface area contributed by atoms with Crippen LogP contribution in [0, 0.1) is 5.92 Å². The molecule has 0 fully saturated rings. The topological polar surface area (TPSA) is 92.7 Å². The number of halogens is 2. The predicted octanol–water partition coefficient (Wildman–Crippen LogP) is 1.69. The molecule has 2 atom stereocenters. The lowest BCUT2D eigenvalue weighted by Crippen LogP contribution is -2.56. The Labute approximate surface area is 175 Å². The molecule has 2 amide bonds. The highest BCUT2D eigenvalue weighted by molar-refractivity contribution is 5.89. The molecule has 0 unspecified atom stereocenters. The second-order valence-electron chi connectivity index (χ2n) is 7.19. The monoisotopic (exact) mass is 420 g/mol. The van der Waals surface area contributed by atoms with Crippen molar-refractivity contribution in [1.29, 1.82) is 0 Å². The number of rotatable bonds is 10. The lowest BCUT2D eigenvalue weighted by molar-refractivity contribution is -0.140. The van der Waals surface area contributed by atoms with E-state index in [1.807, 2.05) is 49.3 Å². The molecule has 0 spiro atoms. The minimum atomic E-state index is -0.693. The van der Waals surface area contributed by atoms with Gasteiger partial charge in [-0.05, 0) is 32.0 Å². The van der Waals surface area contributed by atoms with Crippen LogP contribution in [0.5, 0.6) is 0 Å². The highest BCUT2D eigenvalue weighted by Crippen LogP contribution is 2.13. The summed E-state index contributed by atoms with van der Waals surface area (Å²) in [7, 11) is 3.72. The molecule has 0 aliphatic heterocycles. The van der Waals surface area contributed by atoms with Crippen molar-refractivity contribution in [3.8, 4) is 0 Å². The summed E-state index contributed by atoms with van der Waals surface area (Å²) in [5.41, 5.74) is 12.7. The van der Waals surface area contributed by atoms with Crippen LogP contribution in [0.3, 0.4) is 0 Å². The minimum Gasteiger partial charge on any atom is -0.368 e. The van der Waals surface area contributed by atoms with Gasteiger partial charge in [0.2, 0.25) is 11.8 Å². The smallest absolute Gasteiger partial charge is 0.241 e. The number of hydrogen-bond acceptors (Lipinski definition) is 4. The first-order valence-corrected chi connectivity index (χ1v) is 8.76. The molecule has 0 aromatic heterocycles. The molecule has 1 aromatic carbocycles. The van der Waals surface area contributed by atoms with Gasteiger partial charge in [0.15, 0.2) is 0 Å². The molecule has 0 bridgehead atoms. The van der Waals surface area contributed by atoms with E-state index in [-0.39, 0.29) is 30.7 Å². The van der Waals surface area contributed by atoms with Crippen LogP contribution < -0.4 is 11.5 Å². The number of amides is 2. The highest BCUT2D eigenvalue weighted by atomic mass is 35.5. The number of carbonyl (C=O) groups is 2. The number of nitrogens with zero attached hydrogens (tertiary/aromatic N) is 2. The zero-order valence-corrected chi connectivity index (χ0v) is 18.3. The summed E-state index contributed by atoms with van der Waals surface area (Å²) in [5, 5.41) is 0. The fraction of sp³-hybridized carbons (Fsp3) is 0.579. The van der Waals surface area contributed by atoms with Crippen LogP contribution in [0.15, 0.2) is 30.3 Å². The zero-order chi connectivity index (χ0) is 19.0. The van der Waals surface area contributed by atoms with E-state index < -0.39 is 18.0 Å². The Balaban J connectivity index is 0. The second kappa shape index (κ2) is 13.8. The second-order valence-corrected chi connectivity index (χ2v) is 7.19. The maximum Gasteiger partial charge on any atom is 0.241 e. The Bertz CT molecular complexity index is 556. The molecule has 4 N–H and O–H groups in total. The van der Waals surface area contributed by atoms with Crippen LogP contribution in [0.25, 0.3) is 0 Å². The molecule has 8 heteroatoms. The Hall–Kier alpha value is -1.34. The molecular weight excluding hydrogens is 387 g/mol. The summed E-state index contributed by atoms with van der Waals surface area (Å²) < 4.78 is 0. The van der Waals surface area contributed by atoms with E-state index in [1.165, 1.54) is 0 Å². The molecule has 1 rings (SSSR count). The van der Waals surface area contributed by atoms with E-state index >= 15 is 0 Å². The van der Waals surface area contributed by atoms with Crippen LogP contribution in [0.4, 0.5) is 0 Å². The predicted molar refractivity (Wildman–Crippen MR) is 115 cm³/mol. The van der Waals surface area contributed by atoms with Crippen molar-refractivity contribution in [3.63, 3.8) is 0 Å². The molecule has 0 aliphatic carbocycles. The van der Waals surface area contributed by atoms with Gasteiger partial charge in [-0.3, -0.25) is 9.59 Å². The minimum absolute atomic E-state index is 0. The number of nitrogens with two attached hydrogens (primary N) is 2. The van der Waals surface area contributed by atoms with Crippen molar-refractivity contribution in [2.45, 2.75) is 38.8 Å². The largest absolute Gasteiger partial charge is 0.368 e. The third kappa shape index (κ3) is 9.96. The van der Waals surface area contributed by atoms with E-state index in [0.717, 1.165) is 12.0 Å². The van der Waals surface area contributed by atoms with E-state index in [2.05, 4.69) is 13.8 Å². The first kappa shape index (κ1) is 27.9. The number of carbonyl (C=O) groups excluding carboxylic acids is 2. The summed E-state index contributed by atoms with van der Waals surface area (Å²) in [4.78, 5) is 28.4. The van der Waals surface area contributed by atoms with Gasteiger partial charge in [-0.25, -0.2) is 0 Å². The maximum absolute atomic E-state index is 12.9. The summed E-state index contributed by atoms with van der Waals surface area (Å²) in [6.07, 6.45) is 1.19. The van der Waals surface area contributed by atoms with Gasteiger partial charge in [-0.2, -0.15) is 0 Å². The van der Waals surface area contributed by atoms with Crippen molar-refractivity contribution in [2.24, 2.45) is 17.4 Å². The Morgan fingerprint density at radius 3 is 2.07 bits per heavy atom. The Morgan fingerprint density at radius 1 is 1.07 bits per heavy atom. The highest BCUT2D eigenvalue weighted by Gasteiger charge is 2.31. The molecular formula is C19H34Cl2N4O2. The van der Waals surface area contributed by atoms with Gasteiger partial charge < -0.3 is 21.3 Å². The molecule has 1 aromatic rings. The van der Waals surface area contributed by atoms with E-state index in [1.54, 1.807) is 4.90 Å². The molecule has 0 aliphatic rings. The van der Waals surface area contributed by atoms with E-state index in [4.69, 9.17) is 11.5 Å². The van der Waals surface area contributed by atoms with Crippen molar-refractivity contribution in [3.05, 3.63) is 35.9 Å². The SMILES string of the molecule is CC(C)CCN(C(=O)[C@H](N)CN(C)C)[C@@H](Cc1ccccc1)C(N)=O.Cl.Cl. The van der Waals surface area contributed by atoms with Gasteiger partial charge in [-0.15, -0.1) is 24.8 Å². The van der Waals surface area contributed by atoms with Gasteiger partial charge in [0.1, 0.15) is 6.04 Å². The van der Waals surface area contributed by atoms with Gasteiger partial charge in [0, 0.05) is 19.5 Å². The van der Waals surface area contributed by atoms with Gasteiger partial charge in [0.25, 0.3) is 0 Å². The zero-order valence-electron chi connectivity index (χ0n) is 16.6. The Morgan fingerprint density at radius 2 is 1.63 bits per heavy atom. The van der Waals surface area contributed by atoms with Crippen molar-refractivity contribution >= 4 is 36.6 Å². The first-order chi connectivity index (χ1) is 11.7. The third-order valence-corrected chi connectivity index (χ3v) is 4.09. The standard InChI is InChI=1S/C19H32N4O2.2ClH/c1-14(2)10-11-23(19(25)16(20)13-22(3)4)17(18(21)24)12-15-8-6-5-7-9-15;;/h5-9,14,16-17H,10-13,20H2,1-4H3,(H2,21,24);2*1H/t16-,17+;;/m1../s1. The molecule has 156 valence electrons. The fourth-order valence-electron chi connectivity index (χ4n) is 2.70. The average Bonchev–Trinajstić information content (AvgIpc) is 2.53. The molecule has 0 saturated carbocycles. The first-order valence-electron chi connectivity index (χ1n) is 8.76. The number of primary amides is 1. The molecule has 0 heterocycles. The molecule has 6 nitrogen and oxygen atoms in total. The van der Waals surface area contributed by atoms with Crippen molar-refractivity contribution < 1.29 is 9.59 Å². The molecule has 27 heavy (non-hydrogen) atoms. The van der Waals surface area contributed by atoms with Gasteiger partial charge >= 0.3 is 0 Å². The number of benzene rings is 1. The van der Waals surface area contributed by atoms with E-state index in [9.17, 15) is 9.59 Å². The van der Waals surface area contributed by atoms with Gasteiger partial charge in [0.05, 0.1) is 6.04 Å². The number of likely N-dealkylation sites (N-methyl/N-ethyl adjacent to an activating group) is 1. The van der Waals surface area contributed by atoms with Crippen LogP contribution >= 0.6 is 24.8 Å². The van der Waals surface area contributed by atoms with Crippen LogP contribution in [0.2, 0.25) is 0 Å². The van der Waals surface area contributed by atoms with Crippen LogP contribution in [-0.4, -0.2) is 60.9 Å². The summed E-state index contributed by atoms with van der Waals surface area (Å²) in [6, 6.07) is 8.22. The average molecular weight is 421 g/mol. The lowest BCUT2D eigenvalue weighted by Gasteiger charge is -2.33.